The molecule has 0 aliphatic heterocycles. The minimum Gasteiger partial charge on any atom is -0.329 e. The fourth-order valence-corrected chi connectivity index (χ4v) is 1.57. The molecule has 2 aromatic heterocycles. The van der Waals surface area contributed by atoms with Gasteiger partial charge in [0.05, 0.1) is 12.7 Å². The summed E-state index contributed by atoms with van der Waals surface area (Å²) < 4.78 is 1.70. The Bertz CT molecular complexity index is 482. The van der Waals surface area contributed by atoms with Crippen molar-refractivity contribution in [3.63, 3.8) is 0 Å². The molecule has 1 saturated carbocycles. The Morgan fingerprint density at radius 3 is 3.12 bits per heavy atom. The van der Waals surface area contributed by atoms with Gasteiger partial charge in [-0.05, 0) is 12.8 Å². The van der Waals surface area contributed by atoms with Gasteiger partial charge in [-0.15, -0.1) is 5.10 Å². The van der Waals surface area contributed by atoms with Crippen molar-refractivity contribution >= 4 is 0 Å². The Balaban J connectivity index is 1.83. The van der Waals surface area contributed by atoms with Crippen molar-refractivity contribution < 1.29 is 0 Å². The first kappa shape index (κ1) is 9.46. The van der Waals surface area contributed by atoms with E-state index >= 15 is 0 Å². The van der Waals surface area contributed by atoms with Crippen LogP contribution >= 0.6 is 0 Å². The highest BCUT2D eigenvalue weighted by molar-refractivity contribution is 5.45. The number of aromatic nitrogens is 6. The fraction of sp³-hybridized carbons (Fsp3) is 0.556. The van der Waals surface area contributed by atoms with E-state index in [-0.39, 0.29) is 0 Å². The molecule has 7 nitrogen and oxygen atoms in total. The second-order valence-corrected chi connectivity index (χ2v) is 3.97. The molecular formula is C9H13N7. The lowest BCUT2D eigenvalue weighted by molar-refractivity contribution is 0.598. The van der Waals surface area contributed by atoms with Crippen molar-refractivity contribution in [2.75, 3.05) is 6.54 Å². The number of hydrogen-bond acceptors (Lipinski definition) is 5. The van der Waals surface area contributed by atoms with Crippen LogP contribution in [0.2, 0.25) is 0 Å². The van der Waals surface area contributed by atoms with Crippen LogP contribution in [0.4, 0.5) is 0 Å². The molecule has 1 fully saturated rings. The average Bonchev–Trinajstić information content (AvgIpc) is 2.85. The molecular weight excluding hydrogens is 206 g/mol. The lowest BCUT2D eigenvalue weighted by Crippen LogP contribution is -2.10. The molecule has 0 spiro atoms. The molecule has 0 atom stereocenters. The SMILES string of the molecule is NCCn1cc(-c2n[nH]c(C3CC3)n2)nn1. The molecule has 84 valence electrons. The molecule has 2 aromatic rings. The van der Waals surface area contributed by atoms with E-state index in [2.05, 4.69) is 25.5 Å². The molecule has 7 heteroatoms. The molecule has 1 aliphatic rings. The quantitative estimate of drug-likeness (QED) is 0.748. The van der Waals surface area contributed by atoms with E-state index in [0.717, 1.165) is 5.82 Å². The van der Waals surface area contributed by atoms with E-state index < -0.39 is 0 Å². The van der Waals surface area contributed by atoms with Gasteiger partial charge in [-0.25, -0.2) is 4.98 Å². The third kappa shape index (κ3) is 1.69. The molecule has 16 heavy (non-hydrogen) atoms. The van der Waals surface area contributed by atoms with E-state index in [0.29, 0.717) is 30.5 Å². The van der Waals surface area contributed by atoms with Gasteiger partial charge < -0.3 is 5.73 Å². The summed E-state index contributed by atoms with van der Waals surface area (Å²) in [6, 6.07) is 0. The van der Waals surface area contributed by atoms with Crippen LogP contribution in [-0.4, -0.2) is 36.7 Å². The van der Waals surface area contributed by atoms with Crippen molar-refractivity contribution in [1.82, 2.24) is 30.2 Å². The first-order valence-electron chi connectivity index (χ1n) is 5.39. The maximum atomic E-state index is 5.43. The topological polar surface area (TPSA) is 98.3 Å². The largest absolute Gasteiger partial charge is 0.329 e. The number of hydrogen-bond donors (Lipinski definition) is 2. The van der Waals surface area contributed by atoms with Crippen LogP contribution in [0, 0.1) is 0 Å². The second kappa shape index (κ2) is 3.67. The number of nitrogens with one attached hydrogen (secondary N) is 1. The third-order valence-electron chi connectivity index (χ3n) is 2.59. The van der Waals surface area contributed by atoms with Gasteiger partial charge >= 0.3 is 0 Å². The molecule has 1 aliphatic carbocycles. The minimum absolute atomic E-state index is 0.546. The highest BCUT2D eigenvalue weighted by Crippen LogP contribution is 2.38. The van der Waals surface area contributed by atoms with Crippen molar-refractivity contribution in [2.24, 2.45) is 5.73 Å². The lowest BCUT2D eigenvalue weighted by atomic mass is 10.4. The van der Waals surface area contributed by atoms with Crippen molar-refractivity contribution in [2.45, 2.75) is 25.3 Å². The van der Waals surface area contributed by atoms with Crippen LogP contribution in [0.15, 0.2) is 6.20 Å². The van der Waals surface area contributed by atoms with E-state index in [1.165, 1.54) is 12.8 Å². The Morgan fingerprint density at radius 2 is 2.38 bits per heavy atom. The van der Waals surface area contributed by atoms with E-state index in [1.807, 2.05) is 6.20 Å². The fourth-order valence-electron chi connectivity index (χ4n) is 1.57. The predicted octanol–water partition coefficient (Wildman–Crippen LogP) is -0.101. The Kier molecular flexibility index (Phi) is 2.17. The van der Waals surface area contributed by atoms with E-state index in [4.69, 9.17) is 5.73 Å². The third-order valence-corrected chi connectivity index (χ3v) is 2.59. The van der Waals surface area contributed by atoms with Crippen LogP contribution < -0.4 is 5.73 Å². The van der Waals surface area contributed by atoms with Gasteiger partial charge in [-0.2, -0.15) is 5.10 Å². The summed E-state index contributed by atoms with van der Waals surface area (Å²) in [5, 5.41) is 15.0. The average molecular weight is 219 g/mol. The summed E-state index contributed by atoms with van der Waals surface area (Å²) in [6.45, 7) is 1.21. The zero-order valence-corrected chi connectivity index (χ0v) is 8.80. The molecule has 2 heterocycles. The maximum Gasteiger partial charge on any atom is 0.203 e. The maximum absolute atomic E-state index is 5.43. The Hall–Kier alpha value is -1.76. The molecule has 0 saturated heterocycles. The van der Waals surface area contributed by atoms with Crippen LogP contribution in [0.1, 0.15) is 24.6 Å². The number of H-pyrrole nitrogens is 1. The summed E-state index contributed by atoms with van der Waals surface area (Å²) in [6.07, 6.45) is 4.22. The highest BCUT2D eigenvalue weighted by Gasteiger charge is 2.27. The zero-order valence-electron chi connectivity index (χ0n) is 8.80. The molecule has 3 rings (SSSR count). The first-order valence-corrected chi connectivity index (χ1v) is 5.39. The van der Waals surface area contributed by atoms with E-state index in [1.54, 1.807) is 4.68 Å². The number of nitrogens with two attached hydrogens (primary N) is 1. The summed E-state index contributed by atoms with van der Waals surface area (Å²) in [5.74, 6) is 2.15. The summed E-state index contributed by atoms with van der Waals surface area (Å²) >= 11 is 0. The number of rotatable bonds is 4. The van der Waals surface area contributed by atoms with Crippen molar-refractivity contribution in [1.29, 1.82) is 0 Å². The standard InChI is InChI=1S/C9H13N7/c10-3-4-16-5-7(12-15-16)9-11-8(13-14-9)6-1-2-6/h5-6H,1-4,10H2,(H,11,13,14). The van der Waals surface area contributed by atoms with Gasteiger partial charge in [0.15, 0.2) is 5.69 Å². The first-order chi connectivity index (χ1) is 7.86. The van der Waals surface area contributed by atoms with Crippen LogP contribution in [0.25, 0.3) is 11.5 Å². The Labute approximate surface area is 92.1 Å². The summed E-state index contributed by atoms with van der Waals surface area (Å²) in [7, 11) is 0. The van der Waals surface area contributed by atoms with Gasteiger partial charge in [-0.3, -0.25) is 9.78 Å². The molecule has 0 amide bonds. The lowest BCUT2D eigenvalue weighted by Gasteiger charge is -1.91. The smallest absolute Gasteiger partial charge is 0.203 e. The second-order valence-electron chi connectivity index (χ2n) is 3.97. The van der Waals surface area contributed by atoms with Crippen molar-refractivity contribution in [3.8, 4) is 11.5 Å². The number of aromatic amines is 1. The Morgan fingerprint density at radius 1 is 1.50 bits per heavy atom. The monoisotopic (exact) mass is 219 g/mol. The zero-order chi connectivity index (χ0) is 11.0. The van der Waals surface area contributed by atoms with Gasteiger partial charge in [0, 0.05) is 12.5 Å². The van der Waals surface area contributed by atoms with E-state index in [9.17, 15) is 0 Å². The predicted molar refractivity (Wildman–Crippen MR) is 56.4 cm³/mol. The highest BCUT2D eigenvalue weighted by atomic mass is 15.4. The van der Waals surface area contributed by atoms with Crippen LogP contribution in [0.3, 0.4) is 0 Å². The van der Waals surface area contributed by atoms with Gasteiger partial charge in [0.1, 0.15) is 5.82 Å². The minimum atomic E-state index is 0.546. The van der Waals surface area contributed by atoms with Gasteiger partial charge in [-0.1, -0.05) is 5.21 Å². The van der Waals surface area contributed by atoms with Crippen LogP contribution in [-0.2, 0) is 6.54 Å². The van der Waals surface area contributed by atoms with Crippen molar-refractivity contribution in [3.05, 3.63) is 12.0 Å². The molecule has 0 bridgehead atoms. The van der Waals surface area contributed by atoms with Gasteiger partial charge in [0.2, 0.25) is 5.82 Å². The number of nitrogens with zero attached hydrogens (tertiary/aromatic N) is 5. The molecule has 0 unspecified atom stereocenters. The molecule has 3 N–H and O–H groups in total. The summed E-state index contributed by atoms with van der Waals surface area (Å²) in [5.41, 5.74) is 6.13. The molecule has 0 aromatic carbocycles. The molecule has 0 radical (unpaired) electrons. The summed E-state index contributed by atoms with van der Waals surface area (Å²) in [4.78, 5) is 4.40. The van der Waals surface area contributed by atoms with Gasteiger partial charge in [0.25, 0.3) is 0 Å². The van der Waals surface area contributed by atoms with Crippen LogP contribution in [0.5, 0.6) is 0 Å². The normalized spacial score (nSPS) is 15.6.